The van der Waals surface area contributed by atoms with Crippen LogP contribution >= 0.6 is 11.6 Å². The summed E-state index contributed by atoms with van der Waals surface area (Å²) in [4.78, 5) is 2.12. The molecular formula is C14H23ClN2O2. The predicted octanol–water partition coefficient (Wildman–Crippen LogP) is 1.89. The molecule has 0 spiro atoms. The monoisotopic (exact) mass is 286 g/mol. The Bertz CT molecular complexity index is 374. The van der Waals surface area contributed by atoms with E-state index in [2.05, 4.69) is 17.1 Å². The molecular weight excluding hydrogens is 264 g/mol. The van der Waals surface area contributed by atoms with Gasteiger partial charge in [-0.25, -0.2) is 0 Å². The molecule has 5 heteroatoms. The second-order valence-corrected chi connectivity index (χ2v) is 4.62. The molecule has 108 valence electrons. The number of nitrogens with zero attached hydrogens (tertiary/aromatic N) is 1. The molecule has 0 radical (unpaired) electrons. The second-order valence-electron chi connectivity index (χ2n) is 4.21. The maximum absolute atomic E-state index is 9.13. The summed E-state index contributed by atoms with van der Waals surface area (Å²) in [6.07, 6.45) is 0. The van der Waals surface area contributed by atoms with Crippen molar-refractivity contribution in [1.82, 2.24) is 5.32 Å². The van der Waals surface area contributed by atoms with Crippen molar-refractivity contribution in [1.29, 1.82) is 0 Å². The van der Waals surface area contributed by atoms with Gasteiger partial charge in [0.25, 0.3) is 0 Å². The lowest BCUT2D eigenvalue weighted by atomic mass is 10.1. The molecule has 1 rings (SSSR count). The number of aliphatic hydroxyl groups is 1. The molecule has 1 aromatic carbocycles. The number of likely N-dealkylation sites (N-methyl/N-ethyl adjacent to an activating group) is 1. The summed E-state index contributed by atoms with van der Waals surface area (Å²) in [6.45, 7) is 5.81. The van der Waals surface area contributed by atoms with Gasteiger partial charge in [0.1, 0.15) is 0 Å². The molecule has 1 aromatic rings. The summed E-state index contributed by atoms with van der Waals surface area (Å²) < 4.78 is 5.01. The van der Waals surface area contributed by atoms with Crippen LogP contribution in [-0.4, -0.2) is 45.1 Å². The molecule has 0 aromatic heterocycles. The fraction of sp³-hybridized carbons (Fsp3) is 0.571. The molecule has 0 fully saturated rings. The third kappa shape index (κ3) is 4.99. The first-order valence-corrected chi connectivity index (χ1v) is 6.95. The van der Waals surface area contributed by atoms with Gasteiger partial charge in [-0.15, -0.1) is 0 Å². The molecule has 4 nitrogen and oxygen atoms in total. The van der Waals surface area contributed by atoms with E-state index in [1.165, 1.54) is 0 Å². The number of ether oxygens (including phenoxy) is 1. The highest BCUT2D eigenvalue weighted by atomic mass is 35.5. The van der Waals surface area contributed by atoms with E-state index in [0.717, 1.165) is 29.4 Å². The molecule has 0 saturated heterocycles. The zero-order chi connectivity index (χ0) is 14.1. The minimum absolute atomic E-state index is 0.136. The number of halogens is 1. The van der Waals surface area contributed by atoms with Gasteiger partial charge in [0.2, 0.25) is 0 Å². The number of aliphatic hydroxyl groups excluding tert-OH is 1. The molecule has 19 heavy (non-hydrogen) atoms. The van der Waals surface area contributed by atoms with Gasteiger partial charge >= 0.3 is 0 Å². The van der Waals surface area contributed by atoms with E-state index < -0.39 is 0 Å². The minimum atomic E-state index is 0.136. The largest absolute Gasteiger partial charge is 0.395 e. The van der Waals surface area contributed by atoms with Crippen LogP contribution in [0.2, 0.25) is 5.02 Å². The van der Waals surface area contributed by atoms with Crippen LogP contribution in [-0.2, 0) is 11.3 Å². The van der Waals surface area contributed by atoms with Gasteiger partial charge in [-0.2, -0.15) is 0 Å². The summed E-state index contributed by atoms with van der Waals surface area (Å²) >= 11 is 6.28. The van der Waals surface area contributed by atoms with Crippen LogP contribution in [0.15, 0.2) is 18.2 Å². The number of methoxy groups -OCH3 is 1. The first-order chi connectivity index (χ1) is 9.24. The minimum Gasteiger partial charge on any atom is -0.395 e. The molecule has 0 atom stereocenters. The Balaban J connectivity index is 2.81. The fourth-order valence-electron chi connectivity index (χ4n) is 1.98. The molecule has 2 N–H and O–H groups in total. The summed E-state index contributed by atoms with van der Waals surface area (Å²) in [5.74, 6) is 0. The molecule has 0 bridgehead atoms. The molecule has 0 aliphatic heterocycles. The highest BCUT2D eigenvalue weighted by Crippen LogP contribution is 2.27. The Kier molecular flexibility index (Phi) is 7.82. The van der Waals surface area contributed by atoms with Crippen LogP contribution < -0.4 is 10.2 Å². The Morgan fingerprint density at radius 2 is 2.21 bits per heavy atom. The van der Waals surface area contributed by atoms with Crippen LogP contribution in [0, 0.1) is 0 Å². The van der Waals surface area contributed by atoms with E-state index in [1.54, 1.807) is 7.11 Å². The number of hydrogen-bond donors (Lipinski definition) is 2. The average molecular weight is 287 g/mol. The van der Waals surface area contributed by atoms with Crippen LogP contribution in [0.25, 0.3) is 0 Å². The van der Waals surface area contributed by atoms with E-state index in [-0.39, 0.29) is 6.61 Å². The maximum Gasteiger partial charge on any atom is 0.0606 e. The molecule has 0 heterocycles. The van der Waals surface area contributed by atoms with Gasteiger partial charge < -0.3 is 20.1 Å². The highest BCUT2D eigenvalue weighted by molar-refractivity contribution is 6.31. The summed E-state index contributed by atoms with van der Waals surface area (Å²) in [6, 6.07) is 5.87. The summed E-state index contributed by atoms with van der Waals surface area (Å²) in [5.41, 5.74) is 2.14. The normalized spacial score (nSPS) is 10.7. The van der Waals surface area contributed by atoms with Crippen molar-refractivity contribution in [2.24, 2.45) is 0 Å². The number of benzene rings is 1. The number of nitrogens with one attached hydrogen (secondary N) is 1. The van der Waals surface area contributed by atoms with E-state index in [4.69, 9.17) is 21.4 Å². The topological polar surface area (TPSA) is 44.7 Å². The Hall–Kier alpha value is -0.810. The average Bonchev–Trinajstić information content (AvgIpc) is 2.42. The zero-order valence-corrected chi connectivity index (χ0v) is 12.4. The van der Waals surface area contributed by atoms with Crippen molar-refractivity contribution in [3.8, 4) is 0 Å². The molecule has 0 aliphatic rings. The Morgan fingerprint density at radius 3 is 2.84 bits per heavy atom. The third-order valence-electron chi connectivity index (χ3n) is 2.97. The van der Waals surface area contributed by atoms with E-state index in [0.29, 0.717) is 19.7 Å². The Morgan fingerprint density at radius 1 is 1.42 bits per heavy atom. The van der Waals surface area contributed by atoms with Crippen LogP contribution in [0.4, 0.5) is 5.69 Å². The lowest BCUT2D eigenvalue weighted by Crippen LogP contribution is -2.28. The molecule has 0 unspecified atom stereocenters. The Labute approximate surface area is 120 Å². The number of rotatable bonds is 9. The number of hydrogen-bond acceptors (Lipinski definition) is 4. The quantitative estimate of drug-likeness (QED) is 0.681. The van der Waals surface area contributed by atoms with Gasteiger partial charge in [0.05, 0.1) is 13.2 Å². The van der Waals surface area contributed by atoms with Crippen molar-refractivity contribution < 1.29 is 9.84 Å². The predicted molar refractivity (Wildman–Crippen MR) is 80.0 cm³/mol. The van der Waals surface area contributed by atoms with Gasteiger partial charge in [0, 0.05) is 49.6 Å². The summed E-state index contributed by atoms with van der Waals surface area (Å²) in [5, 5.41) is 13.2. The van der Waals surface area contributed by atoms with E-state index in [1.807, 2.05) is 18.2 Å². The van der Waals surface area contributed by atoms with Gasteiger partial charge in [0.15, 0.2) is 0 Å². The summed E-state index contributed by atoms with van der Waals surface area (Å²) in [7, 11) is 1.68. The fourth-order valence-corrected chi connectivity index (χ4v) is 2.21. The third-order valence-corrected chi connectivity index (χ3v) is 3.33. The van der Waals surface area contributed by atoms with E-state index >= 15 is 0 Å². The van der Waals surface area contributed by atoms with E-state index in [9.17, 15) is 0 Å². The van der Waals surface area contributed by atoms with Crippen LogP contribution in [0.5, 0.6) is 0 Å². The van der Waals surface area contributed by atoms with Crippen molar-refractivity contribution in [3.63, 3.8) is 0 Å². The zero-order valence-electron chi connectivity index (χ0n) is 11.7. The second kappa shape index (κ2) is 9.15. The SMILES string of the molecule is CCN(CCO)c1cccc(Cl)c1CNCCOC. The van der Waals surface area contributed by atoms with Crippen molar-refractivity contribution in [2.45, 2.75) is 13.5 Å². The first-order valence-electron chi connectivity index (χ1n) is 6.57. The van der Waals surface area contributed by atoms with Crippen molar-refractivity contribution in [2.75, 3.05) is 44.9 Å². The lowest BCUT2D eigenvalue weighted by Gasteiger charge is -2.25. The van der Waals surface area contributed by atoms with Crippen LogP contribution in [0.1, 0.15) is 12.5 Å². The van der Waals surface area contributed by atoms with Crippen molar-refractivity contribution >= 4 is 17.3 Å². The van der Waals surface area contributed by atoms with Crippen LogP contribution in [0.3, 0.4) is 0 Å². The highest BCUT2D eigenvalue weighted by Gasteiger charge is 2.12. The van der Waals surface area contributed by atoms with Gasteiger partial charge in [-0.3, -0.25) is 0 Å². The molecule has 0 saturated carbocycles. The van der Waals surface area contributed by atoms with Crippen molar-refractivity contribution in [3.05, 3.63) is 28.8 Å². The maximum atomic E-state index is 9.13. The standard InChI is InChI=1S/C14H23ClN2O2/c1-3-17(8-9-18)14-6-4-5-13(15)12(14)11-16-7-10-19-2/h4-6,16,18H,3,7-11H2,1-2H3. The smallest absolute Gasteiger partial charge is 0.0606 e. The molecule has 0 aliphatic carbocycles. The van der Waals surface area contributed by atoms with Gasteiger partial charge in [-0.1, -0.05) is 17.7 Å². The molecule has 0 amide bonds. The lowest BCUT2D eigenvalue weighted by molar-refractivity contribution is 0.199. The van der Waals surface area contributed by atoms with Gasteiger partial charge in [-0.05, 0) is 19.1 Å². The first kappa shape index (κ1) is 16.2. The number of anilines is 1.